The van der Waals surface area contributed by atoms with Crippen LogP contribution in [0.1, 0.15) is 34.6 Å². The smallest absolute Gasteiger partial charge is 0.338 e. The molecule has 0 radical (unpaired) electrons. The van der Waals surface area contributed by atoms with E-state index >= 15 is 0 Å². The van der Waals surface area contributed by atoms with Crippen LogP contribution in [-0.4, -0.2) is 80.5 Å². The van der Waals surface area contributed by atoms with E-state index in [0.717, 1.165) is 18.4 Å². The molecule has 47 heavy (non-hydrogen) atoms. The summed E-state index contributed by atoms with van der Waals surface area (Å²) in [4.78, 5) is 43.2. The molecule has 5 heterocycles. The van der Waals surface area contributed by atoms with Crippen LogP contribution in [0.25, 0.3) is 32.2 Å². The molecule has 1 aliphatic carbocycles. The Morgan fingerprint density at radius 1 is 1.19 bits per heavy atom. The molecule has 0 amide bonds. The molecule has 5 aromatic rings. The number of fused-ring (bicyclic) bond motifs is 2. The minimum absolute atomic E-state index is 0.0969. The Hall–Kier alpha value is -4.64. The first-order valence-corrected chi connectivity index (χ1v) is 16.4. The number of aromatic nitrogens is 4. The summed E-state index contributed by atoms with van der Waals surface area (Å²) in [6.07, 6.45) is 4.82. The maximum absolute atomic E-state index is 13.9. The molecule has 0 unspecified atom stereocenters. The van der Waals surface area contributed by atoms with Crippen molar-refractivity contribution in [2.24, 2.45) is 0 Å². The monoisotopic (exact) mass is 673 g/mol. The second-order valence-corrected chi connectivity index (χ2v) is 13.1. The Kier molecular flexibility index (Phi) is 8.03. The fourth-order valence-electron chi connectivity index (χ4n) is 6.37. The van der Waals surface area contributed by atoms with E-state index in [1.807, 2.05) is 4.90 Å². The number of benzene rings is 1. The fourth-order valence-corrected chi connectivity index (χ4v) is 7.57. The molecule has 1 saturated heterocycles. The largest absolute Gasteiger partial charge is 0.491 e. The number of rotatable bonds is 9. The van der Waals surface area contributed by atoms with Gasteiger partial charge in [0.2, 0.25) is 0 Å². The normalized spacial score (nSPS) is 16.0. The Bertz CT molecular complexity index is 2150. The summed E-state index contributed by atoms with van der Waals surface area (Å²) < 4.78 is 22.0. The molecule has 1 aromatic carbocycles. The molecule has 2 aliphatic rings. The maximum atomic E-state index is 13.9. The Labute approximate surface area is 277 Å². The number of carboxylic acids is 1. The molecule has 0 bridgehead atoms. The predicted molar refractivity (Wildman–Crippen MR) is 177 cm³/mol. The number of aryl methyl sites for hydroxylation is 1. The summed E-state index contributed by atoms with van der Waals surface area (Å²) in [5, 5.41) is 22.0. The number of anilines is 1. The number of carbonyl (C=O) groups is 1. The average molecular weight is 674 g/mol. The minimum atomic E-state index is -1.06. The van der Waals surface area contributed by atoms with E-state index in [9.17, 15) is 24.3 Å². The van der Waals surface area contributed by atoms with Crippen molar-refractivity contribution < 1.29 is 19.0 Å². The highest BCUT2D eigenvalue weighted by atomic mass is 35.5. The van der Waals surface area contributed by atoms with Crippen molar-refractivity contribution in [2.75, 3.05) is 44.4 Å². The predicted octanol–water partition coefficient (Wildman–Crippen LogP) is 5.30. The third-order valence-electron chi connectivity index (χ3n) is 9.10. The van der Waals surface area contributed by atoms with Crippen LogP contribution in [0.15, 0.2) is 46.8 Å². The molecular weight excluding hydrogens is 645 g/mol. The first-order chi connectivity index (χ1) is 22.7. The number of aromatic carboxylic acids is 1. The van der Waals surface area contributed by atoms with E-state index in [1.165, 1.54) is 22.1 Å². The molecule has 14 heteroatoms. The molecule has 1 aliphatic heterocycles. The third kappa shape index (κ3) is 5.46. The number of ether oxygens (including phenoxy) is 1. The summed E-state index contributed by atoms with van der Waals surface area (Å²) in [5.74, 6) is 0.324. The van der Waals surface area contributed by atoms with Crippen LogP contribution in [-0.2, 0) is 6.54 Å². The van der Waals surface area contributed by atoms with Crippen LogP contribution in [0.3, 0.4) is 0 Å². The lowest BCUT2D eigenvalue weighted by Gasteiger charge is -2.39. The summed E-state index contributed by atoms with van der Waals surface area (Å²) in [6.45, 7) is 4.08. The average Bonchev–Trinajstić information content (AvgIpc) is 3.76. The lowest BCUT2D eigenvalue weighted by Crippen LogP contribution is -2.52. The molecule has 240 valence electrons. The lowest BCUT2D eigenvalue weighted by molar-refractivity contribution is 0.0699. The van der Waals surface area contributed by atoms with Crippen LogP contribution in [0.4, 0.5) is 10.2 Å². The van der Waals surface area contributed by atoms with Gasteiger partial charge in [-0.1, -0.05) is 11.6 Å². The van der Waals surface area contributed by atoms with Crippen molar-refractivity contribution in [3.63, 3.8) is 0 Å². The van der Waals surface area contributed by atoms with Crippen molar-refractivity contribution in [3.8, 4) is 22.9 Å². The van der Waals surface area contributed by atoms with E-state index in [1.54, 1.807) is 42.8 Å². The van der Waals surface area contributed by atoms with Gasteiger partial charge in [0.05, 0.1) is 39.4 Å². The molecule has 7 rings (SSSR count). The van der Waals surface area contributed by atoms with Crippen molar-refractivity contribution in [2.45, 2.75) is 31.8 Å². The zero-order valence-electron chi connectivity index (χ0n) is 25.4. The topological polar surface area (TPSA) is 137 Å². The van der Waals surface area contributed by atoms with Gasteiger partial charge < -0.3 is 14.7 Å². The number of thiophene rings is 1. The second kappa shape index (κ2) is 12.2. The highest BCUT2D eigenvalue weighted by molar-refractivity contribution is 7.18. The molecule has 11 nitrogen and oxygen atoms in total. The number of hydrogen-bond acceptors (Lipinski definition) is 10. The summed E-state index contributed by atoms with van der Waals surface area (Å²) in [5.41, 5.74) is 1.71. The number of nitrogens with zero attached hydrogens (tertiary/aromatic N) is 7. The van der Waals surface area contributed by atoms with E-state index < -0.39 is 5.97 Å². The number of alkyl halides is 1. The van der Waals surface area contributed by atoms with Crippen LogP contribution < -0.4 is 15.2 Å². The number of carboxylic acid groups (broad SMARTS) is 1. The first kappa shape index (κ1) is 31.0. The van der Waals surface area contributed by atoms with Crippen LogP contribution in [0, 0.1) is 18.3 Å². The van der Waals surface area contributed by atoms with Crippen LogP contribution >= 0.6 is 22.9 Å². The molecule has 1 saturated carbocycles. The summed E-state index contributed by atoms with van der Waals surface area (Å²) in [6, 6.07) is 9.16. The van der Waals surface area contributed by atoms with Crippen LogP contribution in [0.2, 0.25) is 5.02 Å². The fraction of sp³-hybridized carbons (Fsp3) is 0.333. The van der Waals surface area contributed by atoms with Gasteiger partial charge in [-0.15, -0.1) is 11.3 Å². The van der Waals surface area contributed by atoms with Gasteiger partial charge in [-0.2, -0.15) is 5.26 Å². The van der Waals surface area contributed by atoms with Gasteiger partial charge in [-0.05, 0) is 44.0 Å². The molecule has 0 spiro atoms. The standard InChI is InChI=1S/C33H29ClFN7O4S/c1-19-39-25-16-38-30(40-8-10-41(11-9-40)33(18-35)5-6-33)23(15-36)27(25)31(43)42(19)12-13-46-26-3-2-20(34)14-22(26)21-4-7-37-28-24(32(44)45)17-47-29(21)28/h2-4,7,14,16-17H,5-6,8-13,18H2,1H3,(H,44,45). The van der Waals surface area contributed by atoms with Gasteiger partial charge in [0.15, 0.2) is 0 Å². The second-order valence-electron chi connectivity index (χ2n) is 11.8. The summed E-state index contributed by atoms with van der Waals surface area (Å²) >= 11 is 7.64. The van der Waals surface area contributed by atoms with Gasteiger partial charge in [-0.3, -0.25) is 19.2 Å². The number of piperazine rings is 1. The Morgan fingerprint density at radius 2 is 1.98 bits per heavy atom. The maximum Gasteiger partial charge on any atom is 0.338 e. The van der Waals surface area contributed by atoms with Crippen LogP contribution in [0.5, 0.6) is 5.75 Å². The number of halogens is 2. The molecule has 1 N–H and O–H groups in total. The van der Waals surface area contributed by atoms with E-state index in [-0.39, 0.29) is 47.4 Å². The minimum Gasteiger partial charge on any atom is -0.491 e. The SMILES string of the molecule is Cc1nc2cnc(N3CCN(C4(CF)CC4)CC3)c(C#N)c2c(=O)n1CCOc1ccc(Cl)cc1-c1ccnc2c(C(=O)O)csc12. The Morgan fingerprint density at radius 3 is 2.68 bits per heavy atom. The van der Waals surface area contributed by atoms with Gasteiger partial charge in [-0.25, -0.2) is 19.2 Å². The summed E-state index contributed by atoms with van der Waals surface area (Å²) in [7, 11) is 0. The molecule has 2 fully saturated rings. The zero-order valence-corrected chi connectivity index (χ0v) is 26.9. The number of nitriles is 1. The van der Waals surface area contributed by atoms with Crippen molar-refractivity contribution in [1.82, 2.24) is 24.4 Å². The first-order valence-electron chi connectivity index (χ1n) is 15.1. The molecule has 4 aromatic heterocycles. The number of pyridine rings is 2. The van der Waals surface area contributed by atoms with Crippen molar-refractivity contribution in [3.05, 3.63) is 74.4 Å². The van der Waals surface area contributed by atoms with E-state index in [0.29, 0.717) is 69.9 Å². The molecular formula is C33H29ClFN7O4S. The van der Waals surface area contributed by atoms with E-state index in [2.05, 4.69) is 25.9 Å². The zero-order chi connectivity index (χ0) is 32.9. The van der Waals surface area contributed by atoms with Gasteiger partial charge >= 0.3 is 5.97 Å². The number of hydrogen-bond donors (Lipinski definition) is 1. The Balaban J connectivity index is 1.16. The van der Waals surface area contributed by atoms with Gasteiger partial charge in [0, 0.05) is 59.4 Å². The highest BCUT2D eigenvalue weighted by Crippen LogP contribution is 2.43. The van der Waals surface area contributed by atoms with Gasteiger partial charge in [0.25, 0.3) is 5.56 Å². The van der Waals surface area contributed by atoms with Crippen molar-refractivity contribution >= 4 is 55.8 Å². The van der Waals surface area contributed by atoms with Gasteiger partial charge in [0.1, 0.15) is 42.3 Å². The molecule has 0 atom stereocenters. The van der Waals surface area contributed by atoms with Crippen molar-refractivity contribution in [1.29, 1.82) is 5.26 Å². The third-order valence-corrected chi connectivity index (χ3v) is 10.3. The lowest BCUT2D eigenvalue weighted by atomic mass is 10.0. The van der Waals surface area contributed by atoms with E-state index in [4.69, 9.17) is 16.3 Å². The highest BCUT2D eigenvalue weighted by Gasteiger charge is 2.48. The quantitative estimate of drug-likeness (QED) is 0.219.